The largest absolute Gasteiger partial charge is 0.393 e. The van der Waals surface area contributed by atoms with Crippen LogP contribution < -0.4 is 0 Å². The maximum Gasteiger partial charge on any atom is 0.187 e. The highest BCUT2D eigenvalue weighted by atomic mass is 32.2. The van der Waals surface area contributed by atoms with Crippen LogP contribution >= 0.6 is 11.8 Å². The summed E-state index contributed by atoms with van der Waals surface area (Å²) in [6.45, 7) is 6.12. The lowest BCUT2D eigenvalue weighted by Gasteiger charge is -2.59. The SMILES string of the molecule is C[C@@H]1CC2C3CCC4=CC(=O)C=CC4(C)C3[C@@H](O)CC2(C)[C@@]1(O)C(=O)CSc1ncccn1. The summed E-state index contributed by atoms with van der Waals surface area (Å²) in [5.74, 6) is 0.0325. The molecule has 3 fully saturated rings. The van der Waals surface area contributed by atoms with Crippen molar-refractivity contribution in [2.75, 3.05) is 5.75 Å². The monoisotopic (exact) mass is 468 g/mol. The highest BCUT2D eigenvalue weighted by Gasteiger charge is 2.70. The van der Waals surface area contributed by atoms with Gasteiger partial charge in [-0.1, -0.05) is 44.2 Å². The first-order chi connectivity index (χ1) is 15.6. The Hall–Kier alpha value is -1.83. The topological polar surface area (TPSA) is 100 Å². The first-order valence-corrected chi connectivity index (χ1v) is 12.9. The van der Waals surface area contributed by atoms with Crippen LogP contribution in [-0.2, 0) is 9.59 Å². The maximum absolute atomic E-state index is 13.5. The van der Waals surface area contributed by atoms with Gasteiger partial charge >= 0.3 is 0 Å². The van der Waals surface area contributed by atoms with E-state index in [2.05, 4.69) is 16.9 Å². The number of hydrogen-bond acceptors (Lipinski definition) is 7. The minimum Gasteiger partial charge on any atom is -0.393 e. The first kappa shape index (κ1) is 22.9. The minimum absolute atomic E-state index is 0.0170. The van der Waals surface area contributed by atoms with Crippen molar-refractivity contribution >= 4 is 23.3 Å². The first-order valence-electron chi connectivity index (χ1n) is 11.9. The van der Waals surface area contributed by atoms with Crippen LogP contribution in [0.25, 0.3) is 0 Å². The molecule has 8 atom stereocenters. The third kappa shape index (κ3) is 3.22. The molecule has 5 rings (SSSR count). The minimum atomic E-state index is -1.50. The van der Waals surface area contributed by atoms with Crippen molar-refractivity contribution < 1.29 is 19.8 Å². The number of Topliss-reactive ketones (excluding diaryl/α,β-unsaturated/α-hetero) is 1. The molecule has 2 N–H and O–H groups in total. The van der Waals surface area contributed by atoms with E-state index in [-0.39, 0.29) is 46.4 Å². The summed E-state index contributed by atoms with van der Waals surface area (Å²) in [7, 11) is 0. The normalized spacial score (nSPS) is 44.0. The Balaban J connectivity index is 1.45. The van der Waals surface area contributed by atoms with E-state index in [9.17, 15) is 19.8 Å². The molecular weight excluding hydrogens is 436 g/mol. The maximum atomic E-state index is 13.5. The van der Waals surface area contributed by atoms with E-state index in [1.54, 1.807) is 30.6 Å². The number of thioether (sulfide) groups is 1. The van der Waals surface area contributed by atoms with E-state index in [1.807, 2.05) is 19.9 Å². The fourth-order valence-corrected chi connectivity index (χ4v) is 8.60. The van der Waals surface area contributed by atoms with Gasteiger partial charge in [-0.15, -0.1) is 0 Å². The van der Waals surface area contributed by atoms with Crippen LogP contribution in [0, 0.1) is 34.5 Å². The molecule has 176 valence electrons. The fourth-order valence-electron chi connectivity index (χ4n) is 7.85. The number of allylic oxidation sites excluding steroid dienone is 4. The van der Waals surface area contributed by atoms with Gasteiger partial charge in [-0.3, -0.25) is 9.59 Å². The van der Waals surface area contributed by atoms with Crippen molar-refractivity contribution in [2.45, 2.75) is 63.3 Å². The molecule has 6 nitrogen and oxygen atoms in total. The molecule has 5 unspecified atom stereocenters. The summed E-state index contributed by atoms with van der Waals surface area (Å²) in [4.78, 5) is 33.9. The lowest BCUT2D eigenvalue weighted by Crippen LogP contribution is -2.62. The second-order valence-electron chi connectivity index (χ2n) is 10.9. The zero-order valence-electron chi connectivity index (χ0n) is 19.4. The number of aliphatic hydroxyl groups is 2. The number of nitrogens with zero attached hydrogens (tertiary/aromatic N) is 2. The van der Waals surface area contributed by atoms with Crippen molar-refractivity contribution in [2.24, 2.45) is 34.5 Å². The third-order valence-corrected chi connectivity index (χ3v) is 10.3. The van der Waals surface area contributed by atoms with Crippen LogP contribution in [0.3, 0.4) is 0 Å². The van der Waals surface area contributed by atoms with E-state index < -0.39 is 17.1 Å². The molecule has 0 aromatic carbocycles. The van der Waals surface area contributed by atoms with Crippen LogP contribution in [0.5, 0.6) is 0 Å². The van der Waals surface area contributed by atoms with Gasteiger partial charge in [0, 0.05) is 29.1 Å². The van der Waals surface area contributed by atoms with Crippen LogP contribution in [-0.4, -0.2) is 49.2 Å². The number of aromatic nitrogens is 2. The molecule has 0 saturated heterocycles. The number of rotatable bonds is 4. The molecule has 7 heteroatoms. The van der Waals surface area contributed by atoms with Crippen molar-refractivity contribution in [3.8, 4) is 0 Å². The highest BCUT2D eigenvalue weighted by Crippen LogP contribution is 2.68. The molecule has 1 aromatic heterocycles. The Kier molecular flexibility index (Phi) is 5.46. The van der Waals surface area contributed by atoms with Crippen molar-refractivity contribution in [3.05, 3.63) is 42.3 Å². The van der Waals surface area contributed by atoms with E-state index >= 15 is 0 Å². The predicted octanol–water partition coefficient (Wildman–Crippen LogP) is 3.39. The lowest BCUT2D eigenvalue weighted by atomic mass is 9.46. The summed E-state index contributed by atoms with van der Waals surface area (Å²) in [6.07, 6.45) is 10.8. The van der Waals surface area contributed by atoms with Gasteiger partial charge in [0.25, 0.3) is 0 Å². The average molecular weight is 469 g/mol. The van der Waals surface area contributed by atoms with Gasteiger partial charge < -0.3 is 10.2 Å². The van der Waals surface area contributed by atoms with E-state index in [0.717, 1.165) is 24.8 Å². The van der Waals surface area contributed by atoms with E-state index in [4.69, 9.17) is 0 Å². The quantitative estimate of drug-likeness (QED) is 0.516. The van der Waals surface area contributed by atoms with Gasteiger partial charge in [0.2, 0.25) is 0 Å². The number of hydrogen-bond donors (Lipinski definition) is 2. The van der Waals surface area contributed by atoms with E-state index in [0.29, 0.717) is 11.6 Å². The molecule has 1 aromatic rings. The molecule has 33 heavy (non-hydrogen) atoms. The Morgan fingerprint density at radius 1 is 1.27 bits per heavy atom. The van der Waals surface area contributed by atoms with Gasteiger partial charge in [0.1, 0.15) is 5.60 Å². The number of ketones is 2. The molecule has 1 heterocycles. The zero-order chi connectivity index (χ0) is 23.6. The molecule has 0 bridgehead atoms. The molecule has 0 spiro atoms. The van der Waals surface area contributed by atoms with Gasteiger partial charge in [0.05, 0.1) is 11.9 Å². The van der Waals surface area contributed by atoms with E-state index in [1.165, 1.54) is 11.8 Å². The van der Waals surface area contributed by atoms with Crippen molar-refractivity contribution in [1.82, 2.24) is 9.97 Å². The summed E-state index contributed by atoms with van der Waals surface area (Å²) in [5, 5.41) is 24.0. The molecule has 0 aliphatic heterocycles. The second-order valence-corrected chi connectivity index (χ2v) is 11.8. The number of fused-ring (bicyclic) bond motifs is 5. The summed E-state index contributed by atoms with van der Waals surface area (Å²) < 4.78 is 0. The number of aliphatic hydroxyl groups excluding tert-OH is 1. The van der Waals surface area contributed by atoms with Crippen LogP contribution in [0.15, 0.2) is 47.4 Å². The van der Waals surface area contributed by atoms with Gasteiger partial charge in [0.15, 0.2) is 16.7 Å². The Morgan fingerprint density at radius 2 is 2.00 bits per heavy atom. The summed E-state index contributed by atoms with van der Waals surface area (Å²) in [6, 6.07) is 1.73. The van der Waals surface area contributed by atoms with Crippen LogP contribution in [0.2, 0.25) is 0 Å². The standard InChI is InChI=1S/C26H32N2O4S/c1-15-11-19-18-6-5-16-12-17(29)7-8-24(16,2)22(18)20(30)13-25(19,3)26(15,32)21(31)14-33-23-27-9-4-10-28-23/h4,7-10,12,15,18-20,22,30,32H,5-6,11,13-14H2,1-3H3/t15-,18?,19?,20+,22?,24?,25?,26+/m1/s1. The summed E-state index contributed by atoms with van der Waals surface area (Å²) >= 11 is 1.25. The third-order valence-electron chi connectivity index (χ3n) is 9.38. The smallest absolute Gasteiger partial charge is 0.187 e. The Labute approximate surface area is 199 Å². The van der Waals surface area contributed by atoms with Gasteiger partial charge in [-0.25, -0.2) is 9.97 Å². The Bertz CT molecular complexity index is 1040. The molecule has 0 amide bonds. The summed E-state index contributed by atoms with van der Waals surface area (Å²) in [5.41, 5.74) is -1.45. The van der Waals surface area contributed by atoms with Gasteiger partial charge in [-0.05, 0) is 61.7 Å². The second kappa shape index (κ2) is 7.85. The van der Waals surface area contributed by atoms with Gasteiger partial charge in [-0.2, -0.15) is 0 Å². The van der Waals surface area contributed by atoms with Crippen LogP contribution in [0.1, 0.15) is 46.5 Å². The van der Waals surface area contributed by atoms with Crippen LogP contribution in [0.4, 0.5) is 0 Å². The zero-order valence-corrected chi connectivity index (χ0v) is 20.2. The molecular formula is C26H32N2O4S. The van der Waals surface area contributed by atoms with Crippen molar-refractivity contribution in [1.29, 1.82) is 0 Å². The lowest BCUT2D eigenvalue weighted by molar-refractivity contribution is -0.179. The fraction of sp³-hybridized carbons (Fsp3) is 0.615. The highest BCUT2D eigenvalue weighted by molar-refractivity contribution is 7.99. The molecule has 4 aliphatic carbocycles. The Morgan fingerprint density at radius 3 is 2.73 bits per heavy atom. The predicted molar refractivity (Wildman–Crippen MR) is 125 cm³/mol. The molecule has 3 saturated carbocycles. The van der Waals surface area contributed by atoms with Crippen molar-refractivity contribution in [3.63, 3.8) is 0 Å². The molecule has 4 aliphatic rings. The average Bonchev–Trinajstić information content (AvgIpc) is 2.99. The number of carbonyl (C=O) groups is 2. The molecule has 0 radical (unpaired) electrons. The number of carbonyl (C=O) groups excluding carboxylic acids is 2.